The Kier molecular flexibility index (Phi) is 13.4. The Balaban J connectivity index is 3.30. The largest absolute Gasteiger partial charge is 0.493 e. The minimum absolute atomic E-state index is 0.130. The lowest BCUT2D eigenvalue weighted by Gasteiger charge is -2.24. The molecule has 0 bridgehead atoms. The summed E-state index contributed by atoms with van der Waals surface area (Å²) in [5, 5.41) is 0. The van der Waals surface area contributed by atoms with Crippen molar-refractivity contribution < 1.29 is 14.3 Å². The Morgan fingerprint density at radius 3 is 2.41 bits per heavy atom. The van der Waals surface area contributed by atoms with E-state index >= 15 is 0 Å². The highest BCUT2D eigenvalue weighted by Crippen LogP contribution is 2.31. The molecule has 0 aromatic heterocycles. The van der Waals surface area contributed by atoms with Crippen molar-refractivity contribution >= 4 is 17.3 Å². The lowest BCUT2D eigenvalue weighted by atomic mass is 10.0. The van der Waals surface area contributed by atoms with Gasteiger partial charge in [-0.2, -0.15) is 0 Å². The third-order valence-electron chi connectivity index (χ3n) is 5.66. The number of aliphatic imine (C=N–C) groups is 1. The van der Waals surface area contributed by atoms with Crippen LogP contribution in [0.15, 0.2) is 53.7 Å². The predicted octanol–water partition coefficient (Wildman–Crippen LogP) is 5.99. The molecular formula is C28H43N3O3. The normalized spacial score (nSPS) is 13.4. The minimum atomic E-state index is -0.130. The van der Waals surface area contributed by atoms with E-state index in [-0.39, 0.29) is 11.6 Å². The first-order chi connectivity index (χ1) is 16.3. The molecule has 0 saturated heterocycles. The lowest BCUT2D eigenvalue weighted by Crippen LogP contribution is -2.36. The molecule has 0 aliphatic rings. The fourth-order valence-electron chi connectivity index (χ4n) is 3.47. The number of hydrogen-bond acceptors (Lipinski definition) is 5. The zero-order valence-corrected chi connectivity index (χ0v) is 21.9. The van der Waals surface area contributed by atoms with Gasteiger partial charge in [0, 0.05) is 24.4 Å². The van der Waals surface area contributed by atoms with Crippen molar-refractivity contribution in [3.8, 4) is 11.5 Å². The van der Waals surface area contributed by atoms with Gasteiger partial charge in [-0.3, -0.25) is 9.79 Å². The molecule has 188 valence electrons. The van der Waals surface area contributed by atoms with Crippen LogP contribution in [0.2, 0.25) is 0 Å². The van der Waals surface area contributed by atoms with Crippen LogP contribution >= 0.6 is 0 Å². The van der Waals surface area contributed by atoms with Gasteiger partial charge in [0.1, 0.15) is 0 Å². The number of rotatable bonds is 15. The van der Waals surface area contributed by atoms with Crippen LogP contribution in [0.3, 0.4) is 0 Å². The van der Waals surface area contributed by atoms with Crippen LogP contribution in [-0.2, 0) is 4.79 Å². The van der Waals surface area contributed by atoms with Gasteiger partial charge in [0.2, 0.25) is 0 Å². The Morgan fingerprint density at radius 2 is 1.85 bits per heavy atom. The molecule has 6 nitrogen and oxygen atoms in total. The number of carbonyl (C=O) groups excluding carboxylic acids is 1. The molecule has 2 N–H and O–H groups in total. The zero-order chi connectivity index (χ0) is 25.5. The smallest absolute Gasteiger partial charge is 0.269 e. The SMILES string of the molecule is C=C\C=C(/N=C(\C=C(/N)C(=O)N(CCC)CCC(C)CC)CCC)c1ccc(OC)c(OC)c1. The first kappa shape index (κ1) is 29.0. The molecule has 34 heavy (non-hydrogen) atoms. The first-order valence-electron chi connectivity index (χ1n) is 12.2. The molecule has 1 rings (SSSR count). The van der Waals surface area contributed by atoms with Gasteiger partial charge in [-0.25, -0.2) is 0 Å². The van der Waals surface area contributed by atoms with Gasteiger partial charge in [-0.1, -0.05) is 53.2 Å². The van der Waals surface area contributed by atoms with Crippen molar-refractivity contribution in [3.63, 3.8) is 0 Å². The number of hydrogen-bond donors (Lipinski definition) is 1. The second-order valence-electron chi connectivity index (χ2n) is 8.40. The van der Waals surface area contributed by atoms with E-state index in [0.29, 0.717) is 42.6 Å². The monoisotopic (exact) mass is 469 g/mol. The van der Waals surface area contributed by atoms with Crippen LogP contribution < -0.4 is 15.2 Å². The number of amides is 1. The van der Waals surface area contributed by atoms with Crippen molar-refractivity contribution in [1.29, 1.82) is 0 Å². The molecule has 1 unspecified atom stereocenters. The zero-order valence-electron chi connectivity index (χ0n) is 21.9. The first-order valence-corrected chi connectivity index (χ1v) is 12.2. The fourth-order valence-corrected chi connectivity index (χ4v) is 3.47. The van der Waals surface area contributed by atoms with Crippen molar-refractivity contribution in [2.75, 3.05) is 27.3 Å². The molecule has 0 spiro atoms. The second-order valence-corrected chi connectivity index (χ2v) is 8.40. The topological polar surface area (TPSA) is 77.2 Å². The molecule has 0 radical (unpaired) electrons. The maximum atomic E-state index is 13.1. The number of benzene rings is 1. The summed E-state index contributed by atoms with van der Waals surface area (Å²) in [6.07, 6.45) is 9.76. The summed E-state index contributed by atoms with van der Waals surface area (Å²) in [7, 11) is 3.20. The Morgan fingerprint density at radius 1 is 1.15 bits per heavy atom. The molecule has 6 heteroatoms. The van der Waals surface area contributed by atoms with Crippen molar-refractivity contribution in [3.05, 3.63) is 54.3 Å². The van der Waals surface area contributed by atoms with E-state index in [1.165, 1.54) is 0 Å². The number of methoxy groups -OCH3 is 2. The van der Waals surface area contributed by atoms with E-state index < -0.39 is 0 Å². The highest BCUT2D eigenvalue weighted by atomic mass is 16.5. The molecule has 1 aromatic rings. The Labute approximate surface area is 206 Å². The molecule has 0 aliphatic heterocycles. The van der Waals surface area contributed by atoms with Crippen LogP contribution in [0.5, 0.6) is 11.5 Å². The standard InChI is InChI=1S/C28H43N3O3/c1-8-12-23(20-24(29)28(32)31(17-10-3)18-16-21(5)11-4)30-25(13-9-2)22-14-15-26(33-6)27(19-22)34-7/h9,13-15,19-21H,2,8,10-12,16-18,29H2,1,3-7H3/b24-20-,25-13-,30-23-. The minimum Gasteiger partial charge on any atom is -0.493 e. The molecule has 1 atom stereocenters. The summed E-state index contributed by atoms with van der Waals surface area (Å²) >= 11 is 0. The summed E-state index contributed by atoms with van der Waals surface area (Å²) in [4.78, 5) is 19.8. The molecule has 0 heterocycles. The molecule has 1 amide bonds. The molecule has 0 fully saturated rings. The van der Waals surface area contributed by atoms with Crippen molar-refractivity contribution in [2.24, 2.45) is 16.6 Å². The van der Waals surface area contributed by atoms with Gasteiger partial charge in [-0.05, 0) is 55.5 Å². The van der Waals surface area contributed by atoms with E-state index in [1.807, 2.05) is 29.2 Å². The molecular weight excluding hydrogens is 426 g/mol. The average molecular weight is 470 g/mol. The van der Waals surface area contributed by atoms with Gasteiger partial charge in [0.05, 0.1) is 25.6 Å². The maximum Gasteiger partial charge on any atom is 0.269 e. The highest BCUT2D eigenvalue weighted by molar-refractivity contribution is 6.05. The van der Waals surface area contributed by atoms with Gasteiger partial charge >= 0.3 is 0 Å². The fraction of sp³-hybridized carbons (Fsp3) is 0.500. The van der Waals surface area contributed by atoms with Crippen molar-refractivity contribution in [1.82, 2.24) is 4.90 Å². The number of carbonyl (C=O) groups is 1. The van der Waals surface area contributed by atoms with Crippen LogP contribution in [0.1, 0.15) is 65.4 Å². The van der Waals surface area contributed by atoms with Gasteiger partial charge in [0.25, 0.3) is 5.91 Å². The molecule has 0 saturated carbocycles. The third-order valence-corrected chi connectivity index (χ3v) is 5.66. The summed E-state index contributed by atoms with van der Waals surface area (Å²) in [5.41, 5.74) is 8.82. The van der Waals surface area contributed by atoms with Gasteiger partial charge < -0.3 is 20.1 Å². The third kappa shape index (κ3) is 9.08. The van der Waals surface area contributed by atoms with Gasteiger partial charge in [-0.15, -0.1) is 0 Å². The average Bonchev–Trinajstić information content (AvgIpc) is 2.85. The molecule has 0 aliphatic carbocycles. The Hall–Kier alpha value is -3.02. The van der Waals surface area contributed by atoms with Crippen molar-refractivity contribution in [2.45, 2.75) is 59.8 Å². The number of allylic oxidation sites excluding steroid dienone is 3. The van der Waals surface area contributed by atoms with Crippen LogP contribution in [0.25, 0.3) is 5.70 Å². The van der Waals surface area contributed by atoms with E-state index in [9.17, 15) is 4.79 Å². The van der Waals surface area contributed by atoms with E-state index in [0.717, 1.165) is 37.0 Å². The maximum absolute atomic E-state index is 13.1. The van der Waals surface area contributed by atoms with E-state index in [1.54, 1.807) is 26.4 Å². The Bertz CT molecular complexity index is 887. The molecule has 1 aromatic carbocycles. The van der Waals surface area contributed by atoms with Crippen LogP contribution in [-0.4, -0.2) is 43.8 Å². The van der Waals surface area contributed by atoms with Crippen LogP contribution in [0.4, 0.5) is 0 Å². The summed E-state index contributed by atoms with van der Waals surface area (Å²) in [6.45, 7) is 13.8. The van der Waals surface area contributed by atoms with Gasteiger partial charge in [0.15, 0.2) is 11.5 Å². The quantitative estimate of drug-likeness (QED) is 0.194. The number of ether oxygens (including phenoxy) is 2. The number of nitrogens with two attached hydrogens (primary N) is 1. The van der Waals surface area contributed by atoms with E-state index in [4.69, 9.17) is 20.2 Å². The summed E-state index contributed by atoms with van der Waals surface area (Å²) in [5.74, 6) is 1.70. The highest BCUT2D eigenvalue weighted by Gasteiger charge is 2.17. The van der Waals surface area contributed by atoms with Crippen LogP contribution in [0, 0.1) is 5.92 Å². The predicted molar refractivity (Wildman–Crippen MR) is 143 cm³/mol. The lowest BCUT2D eigenvalue weighted by molar-refractivity contribution is -0.127. The van der Waals surface area contributed by atoms with E-state index in [2.05, 4.69) is 34.3 Å². The summed E-state index contributed by atoms with van der Waals surface area (Å²) in [6, 6.07) is 5.63. The summed E-state index contributed by atoms with van der Waals surface area (Å²) < 4.78 is 10.8. The second kappa shape index (κ2) is 15.8. The number of nitrogens with zero attached hydrogens (tertiary/aromatic N) is 2.